The molecular formula is C22H21O2. The lowest BCUT2D eigenvalue weighted by Gasteiger charge is -2.10. The van der Waals surface area contributed by atoms with Crippen LogP contribution >= 0.6 is 0 Å². The van der Waals surface area contributed by atoms with Gasteiger partial charge in [0.15, 0.2) is 0 Å². The highest BCUT2D eigenvalue weighted by Crippen LogP contribution is 2.20. The largest absolute Gasteiger partial charge is 0.497 e. The molecule has 0 N–H and O–H groups in total. The summed E-state index contributed by atoms with van der Waals surface area (Å²) in [6.07, 6.45) is 1.77. The van der Waals surface area contributed by atoms with Crippen LogP contribution in [0, 0.1) is 6.07 Å². The first-order chi connectivity index (χ1) is 11.8. The van der Waals surface area contributed by atoms with Crippen molar-refractivity contribution in [2.24, 2.45) is 0 Å². The predicted octanol–water partition coefficient (Wildman–Crippen LogP) is 4.69. The lowest BCUT2D eigenvalue weighted by molar-refractivity contribution is 0.414. The molecule has 0 aliphatic heterocycles. The summed E-state index contributed by atoms with van der Waals surface area (Å²) in [4.78, 5) is 0. The third kappa shape index (κ3) is 3.96. The minimum absolute atomic E-state index is 0.871. The van der Waals surface area contributed by atoms with Gasteiger partial charge in [-0.25, -0.2) is 0 Å². The molecule has 2 nitrogen and oxygen atoms in total. The summed E-state index contributed by atoms with van der Waals surface area (Å²) in [5.74, 6) is 1.77. The summed E-state index contributed by atoms with van der Waals surface area (Å²) in [5, 5.41) is 0. The number of ether oxygens (including phenoxy) is 2. The predicted molar refractivity (Wildman–Crippen MR) is 96.9 cm³/mol. The minimum Gasteiger partial charge on any atom is -0.497 e. The van der Waals surface area contributed by atoms with Gasteiger partial charge >= 0.3 is 0 Å². The van der Waals surface area contributed by atoms with Gasteiger partial charge in [-0.2, -0.15) is 0 Å². The summed E-state index contributed by atoms with van der Waals surface area (Å²) in [6, 6.07) is 26.1. The molecule has 0 fully saturated rings. The van der Waals surface area contributed by atoms with Crippen molar-refractivity contribution < 1.29 is 9.47 Å². The first kappa shape index (κ1) is 16.1. The smallest absolute Gasteiger partial charge is 0.118 e. The lowest BCUT2D eigenvalue weighted by Crippen LogP contribution is -1.97. The first-order valence-electron chi connectivity index (χ1n) is 8.03. The van der Waals surface area contributed by atoms with Gasteiger partial charge in [-0.05, 0) is 65.4 Å². The van der Waals surface area contributed by atoms with Crippen LogP contribution in [-0.4, -0.2) is 14.2 Å². The normalized spacial score (nSPS) is 10.4. The van der Waals surface area contributed by atoms with E-state index in [4.69, 9.17) is 9.47 Å². The average Bonchev–Trinajstić information content (AvgIpc) is 2.64. The first-order valence-corrected chi connectivity index (χ1v) is 8.03. The molecule has 0 atom stereocenters. The third-order valence-electron chi connectivity index (χ3n) is 4.13. The van der Waals surface area contributed by atoms with Crippen LogP contribution in [0.1, 0.15) is 22.3 Å². The fourth-order valence-electron chi connectivity index (χ4n) is 2.75. The Bertz CT molecular complexity index is 705. The molecule has 0 spiro atoms. The van der Waals surface area contributed by atoms with Crippen LogP contribution < -0.4 is 9.47 Å². The Balaban J connectivity index is 1.78. The Morgan fingerprint density at radius 2 is 1.25 bits per heavy atom. The van der Waals surface area contributed by atoms with E-state index in [2.05, 4.69) is 42.5 Å². The summed E-state index contributed by atoms with van der Waals surface area (Å²) in [7, 11) is 3.38. The van der Waals surface area contributed by atoms with Crippen LogP contribution in [0.2, 0.25) is 0 Å². The molecule has 3 aromatic rings. The molecule has 0 unspecified atom stereocenters. The second-order valence-electron chi connectivity index (χ2n) is 5.72. The quantitative estimate of drug-likeness (QED) is 0.657. The number of hydrogen-bond acceptors (Lipinski definition) is 2. The Kier molecular flexibility index (Phi) is 5.17. The topological polar surface area (TPSA) is 18.5 Å². The van der Waals surface area contributed by atoms with Crippen LogP contribution in [-0.2, 0) is 12.8 Å². The van der Waals surface area contributed by atoms with Gasteiger partial charge < -0.3 is 9.47 Å². The zero-order chi connectivity index (χ0) is 16.8. The van der Waals surface area contributed by atoms with Crippen molar-refractivity contribution in [2.45, 2.75) is 12.8 Å². The molecule has 3 rings (SSSR count). The van der Waals surface area contributed by atoms with Crippen LogP contribution in [0.25, 0.3) is 0 Å². The molecule has 0 amide bonds. The maximum absolute atomic E-state index is 5.22. The molecule has 3 aromatic carbocycles. The molecule has 1 radical (unpaired) electrons. The van der Waals surface area contributed by atoms with Crippen molar-refractivity contribution in [3.63, 3.8) is 0 Å². The fraction of sp³-hybridized carbons (Fsp3) is 0.182. The van der Waals surface area contributed by atoms with Crippen molar-refractivity contribution in [1.29, 1.82) is 0 Å². The van der Waals surface area contributed by atoms with E-state index in [1.54, 1.807) is 14.2 Å². The second-order valence-corrected chi connectivity index (χ2v) is 5.72. The molecule has 24 heavy (non-hydrogen) atoms. The summed E-state index contributed by atoms with van der Waals surface area (Å²) in [6.45, 7) is 0. The number of rotatable bonds is 6. The third-order valence-corrected chi connectivity index (χ3v) is 4.13. The van der Waals surface area contributed by atoms with E-state index in [1.165, 1.54) is 22.3 Å². The molecule has 0 heterocycles. The zero-order valence-corrected chi connectivity index (χ0v) is 14.1. The van der Waals surface area contributed by atoms with Gasteiger partial charge in [-0.15, -0.1) is 0 Å². The molecule has 0 aliphatic rings. The van der Waals surface area contributed by atoms with Crippen LogP contribution in [0.15, 0.2) is 66.7 Å². The molecule has 0 saturated heterocycles. The van der Waals surface area contributed by atoms with Gasteiger partial charge in [-0.1, -0.05) is 42.5 Å². The van der Waals surface area contributed by atoms with E-state index in [9.17, 15) is 0 Å². The van der Waals surface area contributed by atoms with Crippen LogP contribution in [0.3, 0.4) is 0 Å². The highest BCUT2D eigenvalue weighted by Gasteiger charge is 2.05. The van der Waals surface area contributed by atoms with Gasteiger partial charge in [0.05, 0.1) is 14.2 Å². The van der Waals surface area contributed by atoms with Crippen molar-refractivity contribution in [3.8, 4) is 11.5 Å². The second kappa shape index (κ2) is 7.69. The molecule has 0 saturated carbocycles. The maximum Gasteiger partial charge on any atom is 0.118 e. The standard InChI is InChI=1S/C22H21O2/c1-23-21-11-7-17(8-12-21)15-19-5-3-4-6-20(19)16-18-9-13-22(24-2)14-10-18/h3-5,7-14H,15-16H2,1-2H3. The lowest BCUT2D eigenvalue weighted by atomic mass is 9.95. The van der Waals surface area contributed by atoms with Gasteiger partial charge in [0.25, 0.3) is 0 Å². The van der Waals surface area contributed by atoms with Crippen molar-refractivity contribution in [2.75, 3.05) is 14.2 Å². The number of hydrogen-bond donors (Lipinski definition) is 0. The van der Waals surface area contributed by atoms with E-state index in [1.807, 2.05) is 30.3 Å². The molecule has 2 heteroatoms. The van der Waals surface area contributed by atoms with E-state index in [-0.39, 0.29) is 0 Å². The van der Waals surface area contributed by atoms with Crippen LogP contribution in [0.4, 0.5) is 0 Å². The van der Waals surface area contributed by atoms with Gasteiger partial charge in [0, 0.05) is 0 Å². The monoisotopic (exact) mass is 317 g/mol. The van der Waals surface area contributed by atoms with Crippen molar-refractivity contribution in [3.05, 3.63) is 95.1 Å². The van der Waals surface area contributed by atoms with Gasteiger partial charge in [-0.3, -0.25) is 0 Å². The molecule has 0 aliphatic carbocycles. The average molecular weight is 317 g/mol. The molecule has 121 valence electrons. The number of benzene rings is 3. The Hall–Kier alpha value is -2.74. The SMILES string of the molecule is COc1ccc(Cc2[c]cccc2Cc2ccc(OC)cc2)cc1. The van der Waals surface area contributed by atoms with Crippen molar-refractivity contribution >= 4 is 0 Å². The maximum atomic E-state index is 5.22. The Morgan fingerprint density at radius 1 is 0.708 bits per heavy atom. The molecule has 0 bridgehead atoms. The zero-order valence-electron chi connectivity index (χ0n) is 14.1. The van der Waals surface area contributed by atoms with Gasteiger partial charge in [0.1, 0.15) is 11.5 Å². The highest BCUT2D eigenvalue weighted by molar-refractivity contribution is 5.38. The molecule has 0 aromatic heterocycles. The van der Waals surface area contributed by atoms with E-state index in [0.29, 0.717) is 0 Å². The van der Waals surface area contributed by atoms with Gasteiger partial charge in [0.2, 0.25) is 0 Å². The minimum atomic E-state index is 0.871. The van der Waals surface area contributed by atoms with E-state index in [0.717, 1.165) is 24.3 Å². The number of methoxy groups -OCH3 is 2. The summed E-state index contributed by atoms with van der Waals surface area (Å²) < 4.78 is 10.4. The highest BCUT2D eigenvalue weighted by atomic mass is 16.5. The Morgan fingerprint density at radius 3 is 1.79 bits per heavy atom. The molecular weight excluding hydrogens is 296 g/mol. The van der Waals surface area contributed by atoms with Crippen LogP contribution in [0.5, 0.6) is 11.5 Å². The summed E-state index contributed by atoms with van der Waals surface area (Å²) >= 11 is 0. The fourth-order valence-corrected chi connectivity index (χ4v) is 2.75. The van der Waals surface area contributed by atoms with E-state index < -0.39 is 0 Å². The van der Waals surface area contributed by atoms with Crippen molar-refractivity contribution in [1.82, 2.24) is 0 Å². The van der Waals surface area contributed by atoms with E-state index >= 15 is 0 Å². The summed E-state index contributed by atoms with van der Waals surface area (Å²) in [5.41, 5.74) is 5.07. The Labute approximate surface area is 143 Å².